The van der Waals surface area contributed by atoms with Crippen LogP contribution in [-0.4, -0.2) is 6.54 Å². The summed E-state index contributed by atoms with van der Waals surface area (Å²) < 4.78 is 0. The molecule has 0 radical (unpaired) electrons. The van der Waals surface area contributed by atoms with E-state index in [2.05, 4.69) is 38.2 Å². The fourth-order valence-corrected chi connectivity index (χ4v) is 2.81. The Labute approximate surface area is 103 Å². The smallest absolute Gasteiger partial charge is 0.0409 e. The van der Waals surface area contributed by atoms with Gasteiger partial charge in [0, 0.05) is 10.6 Å². The summed E-state index contributed by atoms with van der Waals surface area (Å²) in [4.78, 5) is 0. The van der Waals surface area contributed by atoms with Gasteiger partial charge in [-0.2, -0.15) is 0 Å². The Morgan fingerprint density at radius 2 is 2.12 bits per heavy atom. The molecule has 1 aliphatic heterocycles. The zero-order valence-corrected chi connectivity index (χ0v) is 11.1. The summed E-state index contributed by atoms with van der Waals surface area (Å²) in [6, 6.07) is 6.31. The van der Waals surface area contributed by atoms with Gasteiger partial charge in [0.1, 0.15) is 0 Å². The molecule has 0 spiro atoms. The molecule has 2 heteroatoms. The molecule has 0 aromatic heterocycles. The number of hydrogen-bond donors (Lipinski definition) is 1. The van der Waals surface area contributed by atoms with E-state index in [1.165, 1.54) is 24.0 Å². The Balaban J connectivity index is 2.48. The summed E-state index contributed by atoms with van der Waals surface area (Å²) in [5.74, 6) is 0.548. The van der Waals surface area contributed by atoms with Crippen molar-refractivity contribution in [2.75, 3.05) is 6.54 Å². The van der Waals surface area contributed by atoms with Gasteiger partial charge in [0.2, 0.25) is 0 Å². The van der Waals surface area contributed by atoms with Gasteiger partial charge in [0.15, 0.2) is 0 Å². The van der Waals surface area contributed by atoms with Crippen LogP contribution in [0.2, 0.25) is 5.02 Å². The van der Waals surface area contributed by atoms with E-state index in [1.807, 2.05) is 6.07 Å². The minimum atomic E-state index is 0.116. The minimum absolute atomic E-state index is 0.116. The summed E-state index contributed by atoms with van der Waals surface area (Å²) in [6.45, 7) is 7.88. The Kier molecular flexibility index (Phi) is 3.27. The molecule has 1 nitrogen and oxygen atoms in total. The van der Waals surface area contributed by atoms with Crippen LogP contribution in [0.4, 0.5) is 0 Å². The lowest BCUT2D eigenvalue weighted by Crippen LogP contribution is -2.34. The third kappa shape index (κ3) is 2.11. The molecule has 1 aromatic rings. The highest BCUT2D eigenvalue weighted by atomic mass is 35.5. The fraction of sp³-hybridized carbons (Fsp3) is 0.571. The lowest BCUT2D eigenvalue weighted by Gasteiger charge is -2.29. The lowest BCUT2D eigenvalue weighted by atomic mass is 9.83. The molecular formula is C14H20ClN. The summed E-state index contributed by atoms with van der Waals surface area (Å²) in [5, 5.41) is 4.46. The third-order valence-electron chi connectivity index (χ3n) is 3.60. The van der Waals surface area contributed by atoms with Gasteiger partial charge in [-0.3, -0.25) is 0 Å². The quantitative estimate of drug-likeness (QED) is 0.818. The van der Waals surface area contributed by atoms with Crippen LogP contribution in [0.1, 0.15) is 50.7 Å². The molecular weight excluding hydrogens is 218 g/mol. The Morgan fingerprint density at radius 3 is 2.69 bits per heavy atom. The molecule has 0 amide bonds. The van der Waals surface area contributed by atoms with Crippen LogP contribution in [-0.2, 0) is 5.54 Å². The molecule has 1 heterocycles. The predicted molar refractivity (Wildman–Crippen MR) is 70.1 cm³/mol. The molecule has 1 saturated heterocycles. The topological polar surface area (TPSA) is 12.0 Å². The summed E-state index contributed by atoms with van der Waals surface area (Å²) in [5.41, 5.74) is 2.92. The van der Waals surface area contributed by atoms with E-state index in [4.69, 9.17) is 11.6 Å². The summed E-state index contributed by atoms with van der Waals surface area (Å²) in [7, 11) is 0. The second-order valence-electron chi connectivity index (χ2n) is 5.25. The van der Waals surface area contributed by atoms with E-state index in [1.54, 1.807) is 0 Å². The molecule has 1 fully saturated rings. The van der Waals surface area contributed by atoms with Crippen molar-refractivity contribution in [2.45, 2.75) is 45.1 Å². The van der Waals surface area contributed by atoms with Crippen molar-refractivity contribution in [1.29, 1.82) is 0 Å². The first-order valence-corrected chi connectivity index (χ1v) is 6.46. The second kappa shape index (κ2) is 4.38. The molecule has 1 aromatic carbocycles. The SMILES string of the molecule is CC(C)c1ccc(Cl)cc1C1(C)CCCN1. The number of hydrogen-bond acceptors (Lipinski definition) is 1. The van der Waals surface area contributed by atoms with Crippen LogP contribution in [0.25, 0.3) is 0 Å². The van der Waals surface area contributed by atoms with Crippen LogP contribution < -0.4 is 5.32 Å². The first-order chi connectivity index (χ1) is 7.53. The third-order valence-corrected chi connectivity index (χ3v) is 3.84. The molecule has 1 atom stereocenters. The number of halogens is 1. The normalized spacial score (nSPS) is 25.3. The molecule has 1 unspecified atom stereocenters. The Hall–Kier alpha value is -0.530. The number of benzene rings is 1. The highest BCUT2D eigenvalue weighted by molar-refractivity contribution is 6.30. The first-order valence-electron chi connectivity index (χ1n) is 6.08. The van der Waals surface area contributed by atoms with Gasteiger partial charge in [-0.05, 0) is 55.5 Å². The fourth-order valence-electron chi connectivity index (χ4n) is 2.63. The molecule has 0 aliphatic carbocycles. The molecule has 0 saturated carbocycles. The average Bonchev–Trinajstić information content (AvgIpc) is 2.66. The van der Waals surface area contributed by atoms with E-state index in [-0.39, 0.29) is 5.54 Å². The van der Waals surface area contributed by atoms with Crippen molar-refractivity contribution in [3.05, 3.63) is 34.3 Å². The van der Waals surface area contributed by atoms with Gasteiger partial charge >= 0.3 is 0 Å². The monoisotopic (exact) mass is 237 g/mol. The predicted octanol–water partition coefficient (Wildman–Crippen LogP) is 4.06. The van der Waals surface area contributed by atoms with Crippen molar-refractivity contribution in [2.24, 2.45) is 0 Å². The molecule has 16 heavy (non-hydrogen) atoms. The minimum Gasteiger partial charge on any atom is -0.308 e. The first kappa shape index (κ1) is 11.9. The van der Waals surface area contributed by atoms with Gasteiger partial charge in [-0.15, -0.1) is 0 Å². The van der Waals surface area contributed by atoms with Gasteiger partial charge in [-0.1, -0.05) is 31.5 Å². The van der Waals surface area contributed by atoms with E-state index in [9.17, 15) is 0 Å². The number of rotatable bonds is 2. The Morgan fingerprint density at radius 1 is 1.38 bits per heavy atom. The molecule has 1 N–H and O–H groups in total. The largest absolute Gasteiger partial charge is 0.308 e. The lowest BCUT2D eigenvalue weighted by molar-refractivity contribution is 0.429. The molecule has 0 bridgehead atoms. The average molecular weight is 238 g/mol. The highest BCUT2D eigenvalue weighted by Gasteiger charge is 2.32. The molecule has 2 rings (SSSR count). The van der Waals surface area contributed by atoms with Gasteiger partial charge in [0.25, 0.3) is 0 Å². The zero-order valence-electron chi connectivity index (χ0n) is 10.3. The van der Waals surface area contributed by atoms with E-state index < -0.39 is 0 Å². The van der Waals surface area contributed by atoms with Crippen LogP contribution in [0, 0.1) is 0 Å². The Bertz CT molecular complexity index is 378. The van der Waals surface area contributed by atoms with Crippen LogP contribution in [0.15, 0.2) is 18.2 Å². The highest BCUT2D eigenvalue weighted by Crippen LogP contribution is 2.36. The van der Waals surface area contributed by atoms with Crippen LogP contribution in [0.3, 0.4) is 0 Å². The van der Waals surface area contributed by atoms with E-state index in [0.29, 0.717) is 5.92 Å². The standard InChI is InChI=1S/C14H20ClN/c1-10(2)12-6-5-11(15)9-13(12)14(3)7-4-8-16-14/h5-6,9-10,16H,4,7-8H2,1-3H3. The molecule has 88 valence electrons. The van der Waals surface area contributed by atoms with E-state index in [0.717, 1.165) is 11.6 Å². The van der Waals surface area contributed by atoms with Gasteiger partial charge in [0.05, 0.1) is 0 Å². The van der Waals surface area contributed by atoms with E-state index >= 15 is 0 Å². The maximum absolute atomic E-state index is 6.13. The van der Waals surface area contributed by atoms with Crippen molar-refractivity contribution in [1.82, 2.24) is 5.32 Å². The van der Waals surface area contributed by atoms with Crippen molar-refractivity contribution in [3.8, 4) is 0 Å². The van der Waals surface area contributed by atoms with Gasteiger partial charge < -0.3 is 5.32 Å². The summed E-state index contributed by atoms with van der Waals surface area (Å²) >= 11 is 6.13. The van der Waals surface area contributed by atoms with Crippen molar-refractivity contribution >= 4 is 11.6 Å². The maximum Gasteiger partial charge on any atom is 0.0409 e. The zero-order chi connectivity index (χ0) is 11.8. The number of nitrogens with one attached hydrogen (secondary N) is 1. The van der Waals surface area contributed by atoms with Crippen molar-refractivity contribution in [3.63, 3.8) is 0 Å². The van der Waals surface area contributed by atoms with Crippen LogP contribution in [0.5, 0.6) is 0 Å². The second-order valence-corrected chi connectivity index (χ2v) is 5.69. The van der Waals surface area contributed by atoms with Gasteiger partial charge in [-0.25, -0.2) is 0 Å². The summed E-state index contributed by atoms with van der Waals surface area (Å²) in [6.07, 6.45) is 2.45. The molecule has 1 aliphatic rings. The van der Waals surface area contributed by atoms with Crippen LogP contribution >= 0.6 is 11.6 Å². The van der Waals surface area contributed by atoms with Crippen molar-refractivity contribution < 1.29 is 0 Å². The maximum atomic E-state index is 6.13.